The van der Waals surface area contributed by atoms with Gasteiger partial charge >= 0.3 is 0 Å². The van der Waals surface area contributed by atoms with Gasteiger partial charge in [0, 0.05) is 25.2 Å². The van der Waals surface area contributed by atoms with Gasteiger partial charge in [-0.3, -0.25) is 4.90 Å². The van der Waals surface area contributed by atoms with Gasteiger partial charge in [0.15, 0.2) is 0 Å². The van der Waals surface area contributed by atoms with Crippen LogP contribution in [0.15, 0.2) is 0 Å². The van der Waals surface area contributed by atoms with Crippen LogP contribution < -0.4 is 5.32 Å². The Morgan fingerprint density at radius 3 is 2.68 bits per heavy atom. The fraction of sp³-hybridized carbons (Fsp3) is 1.00. The average Bonchev–Trinajstić information content (AvgIpc) is 2.36. The molecule has 1 fully saturated rings. The maximum Gasteiger partial charge on any atom is 0.0615 e. The molecule has 0 saturated heterocycles. The molecule has 1 aliphatic carbocycles. The van der Waals surface area contributed by atoms with E-state index >= 15 is 0 Å². The zero-order chi connectivity index (χ0) is 14.5. The van der Waals surface area contributed by atoms with Gasteiger partial charge in [-0.25, -0.2) is 0 Å². The van der Waals surface area contributed by atoms with E-state index in [9.17, 15) is 0 Å². The van der Waals surface area contributed by atoms with Crippen molar-refractivity contribution in [1.82, 2.24) is 10.2 Å². The third-order valence-corrected chi connectivity index (χ3v) is 4.64. The molecule has 3 nitrogen and oxygen atoms in total. The van der Waals surface area contributed by atoms with Crippen LogP contribution in [-0.2, 0) is 4.74 Å². The van der Waals surface area contributed by atoms with E-state index in [0.29, 0.717) is 23.5 Å². The summed E-state index contributed by atoms with van der Waals surface area (Å²) in [4.78, 5) is 2.53. The predicted molar refractivity (Wildman–Crippen MR) is 82.6 cm³/mol. The Labute approximate surface area is 120 Å². The summed E-state index contributed by atoms with van der Waals surface area (Å²) < 4.78 is 5.32. The molecule has 1 N–H and O–H groups in total. The maximum atomic E-state index is 5.32. The minimum Gasteiger partial charge on any atom is -0.383 e. The van der Waals surface area contributed by atoms with Gasteiger partial charge in [-0.2, -0.15) is 0 Å². The molecule has 0 spiro atoms. The number of hydrogen-bond donors (Lipinski definition) is 1. The third kappa shape index (κ3) is 5.05. The second-order valence-corrected chi connectivity index (χ2v) is 7.00. The van der Waals surface area contributed by atoms with Gasteiger partial charge in [-0.15, -0.1) is 0 Å². The van der Waals surface area contributed by atoms with Crippen LogP contribution in [0.3, 0.4) is 0 Å². The van der Waals surface area contributed by atoms with E-state index in [1.54, 1.807) is 7.11 Å². The normalized spacial score (nSPS) is 28.6. The molecule has 1 aliphatic rings. The highest BCUT2D eigenvalue weighted by Crippen LogP contribution is 2.37. The molecule has 0 aliphatic heterocycles. The quantitative estimate of drug-likeness (QED) is 0.770. The van der Waals surface area contributed by atoms with E-state index in [1.165, 1.54) is 25.7 Å². The molecule has 3 heteroatoms. The molecular weight excluding hydrogens is 236 g/mol. The van der Waals surface area contributed by atoms with Gasteiger partial charge in [-0.05, 0) is 51.6 Å². The Kier molecular flexibility index (Phi) is 6.78. The highest BCUT2D eigenvalue weighted by molar-refractivity contribution is 4.94. The van der Waals surface area contributed by atoms with Gasteiger partial charge in [0.2, 0.25) is 0 Å². The van der Waals surface area contributed by atoms with Crippen LogP contribution in [0.25, 0.3) is 0 Å². The Bertz CT molecular complexity index is 253. The highest BCUT2D eigenvalue weighted by Gasteiger charge is 2.37. The summed E-state index contributed by atoms with van der Waals surface area (Å²) in [5.41, 5.74) is 0.468. The predicted octanol–water partition coefficient (Wildman–Crippen LogP) is 2.90. The van der Waals surface area contributed by atoms with Gasteiger partial charge < -0.3 is 10.1 Å². The molecule has 1 saturated carbocycles. The first-order valence-electron chi connectivity index (χ1n) is 7.85. The largest absolute Gasteiger partial charge is 0.383 e. The Morgan fingerprint density at radius 1 is 1.42 bits per heavy atom. The first-order valence-corrected chi connectivity index (χ1v) is 7.85. The van der Waals surface area contributed by atoms with E-state index in [4.69, 9.17) is 4.74 Å². The van der Waals surface area contributed by atoms with Crippen LogP contribution in [0.4, 0.5) is 0 Å². The Morgan fingerprint density at radius 2 is 2.11 bits per heavy atom. The van der Waals surface area contributed by atoms with Gasteiger partial charge in [-0.1, -0.05) is 20.8 Å². The van der Waals surface area contributed by atoms with Crippen molar-refractivity contribution in [3.05, 3.63) is 0 Å². The lowest BCUT2D eigenvalue weighted by Crippen LogP contribution is -2.56. The molecular formula is C16H34N2O. The summed E-state index contributed by atoms with van der Waals surface area (Å²) in [5, 5.41) is 3.75. The van der Waals surface area contributed by atoms with E-state index < -0.39 is 0 Å². The number of nitrogens with one attached hydrogen (secondary N) is 1. The minimum atomic E-state index is 0.468. The number of ether oxygens (including phenoxy) is 1. The number of hydrogen-bond acceptors (Lipinski definition) is 3. The molecule has 3 unspecified atom stereocenters. The molecule has 114 valence electrons. The standard InChI is InChI=1S/C16H34N2O/c1-7-10-17-14-8-9-16(3,4)11-15(14)18(5)13(2)12-19-6/h13-15,17H,7-12H2,1-6H3. The fourth-order valence-corrected chi connectivity index (χ4v) is 3.23. The monoisotopic (exact) mass is 270 g/mol. The minimum absolute atomic E-state index is 0.468. The van der Waals surface area contributed by atoms with E-state index in [0.717, 1.165) is 13.2 Å². The lowest BCUT2D eigenvalue weighted by atomic mass is 9.72. The maximum absolute atomic E-state index is 5.32. The molecule has 0 heterocycles. The number of nitrogens with zero attached hydrogens (tertiary/aromatic N) is 1. The molecule has 0 radical (unpaired) electrons. The van der Waals surface area contributed by atoms with Crippen molar-refractivity contribution in [2.75, 3.05) is 27.3 Å². The smallest absolute Gasteiger partial charge is 0.0615 e. The van der Waals surface area contributed by atoms with E-state index in [-0.39, 0.29) is 0 Å². The topological polar surface area (TPSA) is 24.5 Å². The third-order valence-electron chi connectivity index (χ3n) is 4.64. The summed E-state index contributed by atoms with van der Waals surface area (Å²) in [5.74, 6) is 0. The van der Waals surface area contributed by atoms with Crippen molar-refractivity contribution in [1.29, 1.82) is 0 Å². The SMILES string of the molecule is CCCNC1CCC(C)(C)CC1N(C)C(C)COC. The Balaban J connectivity index is 2.69. The molecule has 0 aromatic rings. The molecule has 0 bridgehead atoms. The van der Waals surface area contributed by atoms with Crippen molar-refractivity contribution >= 4 is 0 Å². The zero-order valence-corrected chi connectivity index (χ0v) is 13.8. The average molecular weight is 270 g/mol. The molecule has 3 atom stereocenters. The van der Waals surface area contributed by atoms with Gasteiger partial charge in [0.1, 0.15) is 0 Å². The van der Waals surface area contributed by atoms with Crippen molar-refractivity contribution in [2.24, 2.45) is 5.41 Å². The second kappa shape index (κ2) is 7.61. The fourth-order valence-electron chi connectivity index (χ4n) is 3.23. The molecule has 1 rings (SSSR count). The van der Waals surface area contributed by atoms with Crippen LogP contribution >= 0.6 is 0 Å². The van der Waals surface area contributed by atoms with Crippen LogP contribution in [-0.4, -0.2) is 50.3 Å². The first-order chi connectivity index (χ1) is 8.91. The Hall–Kier alpha value is -0.120. The van der Waals surface area contributed by atoms with E-state index in [2.05, 4.69) is 45.0 Å². The van der Waals surface area contributed by atoms with Crippen LogP contribution in [0.1, 0.15) is 53.4 Å². The van der Waals surface area contributed by atoms with Crippen molar-refractivity contribution in [3.8, 4) is 0 Å². The van der Waals surface area contributed by atoms with Crippen molar-refractivity contribution in [2.45, 2.75) is 71.5 Å². The van der Waals surface area contributed by atoms with Gasteiger partial charge in [0.05, 0.1) is 6.61 Å². The summed E-state index contributed by atoms with van der Waals surface area (Å²) in [6.07, 6.45) is 5.11. The summed E-state index contributed by atoms with van der Waals surface area (Å²) in [7, 11) is 4.05. The number of rotatable bonds is 7. The summed E-state index contributed by atoms with van der Waals surface area (Å²) >= 11 is 0. The summed E-state index contributed by atoms with van der Waals surface area (Å²) in [6, 6.07) is 1.74. The molecule has 19 heavy (non-hydrogen) atoms. The first kappa shape index (κ1) is 16.9. The molecule has 0 aromatic heterocycles. The number of likely N-dealkylation sites (N-methyl/N-ethyl adjacent to an activating group) is 1. The van der Waals surface area contributed by atoms with Crippen LogP contribution in [0, 0.1) is 5.41 Å². The zero-order valence-electron chi connectivity index (χ0n) is 13.8. The summed E-state index contributed by atoms with van der Waals surface area (Å²) in [6.45, 7) is 11.3. The molecule has 0 amide bonds. The molecule has 0 aromatic carbocycles. The lowest BCUT2D eigenvalue weighted by molar-refractivity contribution is 0.0307. The van der Waals surface area contributed by atoms with E-state index in [1.807, 2.05) is 0 Å². The second-order valence-electron chi connectivity index (χ2n) is 7.00. The van der Waals surface area contributed by atoms with Gasteiger partial charge in [0.25, 0.3) is 0 Å². The van der Waals surface area contributed by atoms with Crippen LogP contribution in [0.2, 0.25) is 0 Å². The lowest BCUT2D eigenvalue weighted by Gasteiger charge is -2.47. The number of methoxy groups -OCH3 is 1. The van der Waals surface area contributed by atoms with Crippen molar-refractivity contribution < 1.29 is 4.74 Å². The van der Waals surface area contributed by atoms with Crippen molar-refractivity contribution in [3.63, 3.8) is 0 Å². The highest BCUT2D eigenvalue weighted by atomic mass is 16.5. The van der Waals surface area contributed by atoms with Crippen LogP contribution in [0.5, 0.6) is 0 Å².